The summed E-state index contributed by atoms with van der Waals surface area (Å²) in [5.41, 5.74) is 0. The van der Waals surface area contributed by atoms with Crippen molar-refractivity contribution < 1.29 is 4.52 Å². The lowest BCUT2D eigenvalue weighted by molar-refractivity contribution is 0.339. The Balaban J connectivity index is 1.93. The monoisotopic (exact) mass is 245 g/mol. The Kier molecular flexibility index (Phi) is 4.34. The molecule has 1 saturated heterocycles. The van der Waals surface area contributed by atoms with Crippen molar-refractivity contribution in [1.82, 2.24) is 15.5 Å². The predicted octanol–water partition coefficient (Wildman–Crippen LogP) is 1.70. The van der Waals surface area contributed by atoms with E-state index in [4.69, 9.17) is 4.52 Å². The van der Waals surface area contributed by atoms with Gasteiger partial charge in [-0.25, -0.2) is 0 Å². The molecule has 2 rings (SSSR count). The van der Waals surface area contributed by atoms with E-state index < -0.39 is 0 Å². The van der Waals surface area contributed by atoms with E-state index in [0.717, 1.165) is 35.5 Å². The molecular formula is C9H15N3OS2. The van der Waals surface area contributed by atoms with Gasteiger partial charge in [0, 0.05) is 18.1 Å². The van der Waals surface area contributed by atoms with Crippen LogP contribution < -0.4 is 5.32 Å². The third-order valence-corrected chi connectivity index (χ3v) is 4.07. The third-order valence-electron chi connectivity index (χ3n) is 2.14. The van der Waals surface area contributed by atoms with Gasteiger partial charge in [0.2, 0.25) is 5.89 Å². The number of aromatic nitrogens is 2. The molecule has 1 fully saturated rings. The molecule has 0 radical (unpaired) electrons. The van der Waals surface area contributed by atoms with Crippen LogP contribution in [0.25, 0.3) is 0 Å². The highest BCUT2D eigenvalue weighted by molar-refractivity contribution is 7.99. The fourth-order valence-corrected chi connectivity index (χ4v) is 2.81. The molecule has 0 aliphatic carbocycles. The van der Waals surface area contributed by atoms with E-state index in [2.05, 4.69) is 22.4 Å². The van der Waals surface area contributed by atoms with E-state index in [1.165, 1.54) is 5.75 Å². The minimum absolute atomic E-state index is 0.247. The summed E-state index contributed by atoms with van der Waals surface area (Å²) in [4.78, 5) is 4.40. The number of rotatable bonds is 4. The van der Waals surface area contributed by atoms with E-state index >= 15 is 0 Å². The fraction of sp³-hybridized carbons (Fsp3) is 0.778. The largest absolute Gasteiger partial charge is 0.338 e. The second-order valence-electron chi connectivity index (χ2n) is 3.27. The summed E-state index contributed by atoms with van der Waals surface area (Å²) in [5, 5.41) is 7.35. The van der Waals surface area contributed by atoms with Gasteiger partial charge in [-0.15, -0.1) is 0 Å². The van der Waals surface area contributed by atoms with Crippen LogP contribution in [0.5, 0.6) is 0 Å². The molecule has 0 aromatic carbocycles. The Morgan fingerprint density at radius 1 is 1.67 bits per heavy atom. The van der Waals surface area contributed by atoms with Crippen LogP contribution in [0.1, 0.15) is 24.7 Å². The van der Waals surface area contributed by atoms with Crippen molar-refractivity contribution in [3.8, 4) is 0 Å². The maximum Gasteiger partial charge on any atom is 0.244 e. The zero-order valence-corrected chi connectivity index (χ0v) is 10.4. The highest BCUT2D eigenvalue weighted by Crippen LogP contribution is 2.21. The molecule has 6 heteroatoms. The number of hydrogen-bond donors (Lipinski definition) is 1. The van der Waals surface area contributed by atoms with Crippen molar-refractivity contribution >= 4 is 23.5 Å². The van der Waals surface area contributed by atoms with Crippen LogP contribution in [-0.2, 0) is 5.75 Å². The summed E-state index contributed by atoms with van der Waals surface area (Å²) in [6, 6.07) is 0.247. The standard InChI is InChI=1S/C9H15N3OS2/c1-2-14-6-8-11-9(13-12-8)7-5-15-4-3-10-7/h7,10H,2-6H2,1H3. The van der Waals surface area contributed by atoms with Crippen LogP contribution >= 0.6 is 23.5 Å². The van der Waals surface area contributed by atoms with Gasteiger partial charge in [-0.05, 0) is 5.75 Å². The Morgan fingerprint density at radius 2 is 2.60 bits per heavy atom. The summed E-state index contributed by atoms with van der Waals surface area (Å²) >= 11 is 3.74. The summed E-state index contributed by atoms with van der Waals surface area (Å²) in [7, 11) is 0. The molecule has 15 heavy (non-hydrogen) atoms. The molecule has 1 aromatic rings. The predicted molar refractivity (Wildman–Crippen MR) is 64.2 cm³/mol. The fourth-order valence-electron chi connectivity index (χ4n) is 1.39. The first-order valence-corrected chi connectivity index (χ1v) is 7.42. The second-order valence-corrected chi connectivity index (χ2v) is 5.69. The van der Waals surface area contributed by atoms with Crippen molar-refractivity contribution in [3.05, 3.63) is 11.7 Å². The maximum absolute atomic E-state index is 5.25. The molecule has 0 saturated carbocycles. The van der Waals surface area contributed by atoms with E-state index in [1.54, 1.807) is 0 Å². The molecule has 2 heterocycles. The molecule has 84 valence electrons. The van der Waals surface area contributed by atoms with Crippen LogP contribution in [0, 0.1) is 0 Å². The van der Waals surface area contributed by atoms with Gasteiger partial charge in [0.1, 0.15) is 0 Å². The minimum Gasteiger partial charge on any atom is -0.338 e. The van der Waals surface area contributed by atoms with Crippen LogP contribution in [0.4, 0.5) is 0 Å². The Hall–Kier alpha value is -0.200. The molecular weight excluding hydrogens is 230 g/mol. The van der Waals surface area contributed by atoms with Gasteiger partial charge >= 0.3 is 0 Å². The third kappa shape index (κ3) is 3.12. The molecule has 1 unspecified atom stereocenters. The number of hydrogen-bond acceptors (Lipinski definition) is 6. The Morgan fingerprint density at radius 3 is 3.33 bits per heavy atom. The first-order chi connectivity index (χ1) is 7.40. The molecule has 1 N–H and O–H groups in total. The Bertz CT molecular complexity index is 299. The van der Waals surface area contributed by atoms with Crippen LogP contribution in [0.3, 0.4) is 0 Å². The van der Waals surface area contributed by atoms with Crippen molar-refractivity contribution in [2.24, 2.45) is 0 Å². The van der Waals surface area contributed by atoms with Crippen molar-refractivity contribution in [1.29, 1.82) is 0 Å². The highest BCUT2D eigenvalue weighted by Gasteiger charge is 2.20. The SMILES string of the molecule is CCSCc1noc(C2CSCCN2)n1. The topological polar surface area (TPSA) is 51.0 Å². The average Bonchev–Trinajstić information content (AvgIpc) is 2.76. The van der Waals surface area contributed by atoms with E-state index in [0.29, 0.717) is 0 Å². The molecule has 1 aliphatic rings. The van der Waals surface area contributed by atoms with E-state index in [1.807, 2.05) is 23.5 Å². The Labute approximate surface area is 98.0 Å². The molecule has 0 amide bonds. The van der Waals surface area contributed by atoms with Gasteiger partial charge in [-0.2, -0.15) is 28.5 Å². The van der Waals surface area contributed by atoms with Gasteiger partial charge in [-0.1, -0.05) is 12.1 Å². The van der Waals surface area contributed by atoms with Crippen LogP contribution in [0.2, 0.25) is 0 Å². The molecule has 1 atom stereocenters. The number of thioether (sulfide) groups is 2. The zero-order valence-electron chi connectivity index (χ0n) is 8.73. The van der Waals surface area contributed by atoms with Gasteiger partial charge in [-0.3, -0.25) is 0 Å². The summed E-state index contributed by atoms with van der Waals surface area (Å²) in [6.45, 7) is 3.15. The van der Waals surface area contributed by atoms with Gasteiger partial charge < -0.3 is 9.84 Å². The molecule has 1 aromatic heterocycles. The molecule has 4 nitrogen and oxygen atoms in total. The lowest BCUT2D eigenvalue weighted by atomic mass is 10.3. The van der Waals surface area contributed by atoms with Crippen LogP contribution in [-0.4, -0.2) is 33.9 Å². The average molecular weight is 245 g/mol. The van der Waals surface area contributed by atoms with Crippen molar-refractivity contribution in [2.45, 2.75) is 18.7 Å². The van der Waals surface area contributed by atoms with Crippen LogP contribution in [0.15, 0.2) is 4.52 Å². The summed E-state index contributed by atoms with van der Waals surface area (Å²) < 4.78 is 5.25. The van der Waals surface area contributed by atoms with E-state index in [9.17, 15) is 0 Å². The normalized spacial score (nSPS) is 21.8. The molecule has 0 bridgehead atoms. The number of nitrogens with one attached hydrogen (secondary N) is 1. The lowest BCUT2D eigenvalue weighted by Gasteiger charge is -2.19. The van der Waals surface area contributed by atoms with Gasteiger partial charge in [0.15, 0.2) is 5.82 Å². The van der Waals surface area contributed by atoms with Crippen molar-refractivity contribution in [2.75, 3.05) is 23.8 Å². The minimum atomic E-state index is 0.247. The maximum atomic E-state index is 5.25. The first kappa shape index (κ1) is 11.3. The summed E-state index contributed by atoms with van der Waals surface area (Å²) in [5.74, 6) is 5.69. The first-order valence-electron chi connectivity index (χ1n) is 5.11. The molecule has 0 spiro atoms. The van der Waals surface area contributed by atoms with Gasteiger partial charge in [0.25, 0.3) is 0 Å². The van der Waals surface area contributed by atoms with E-state index in [-0.39, 0.29) is 6.04 Å². The summed E-state index contributed by atoms with van der Waals surface area (Å²) in [6.07, 6.45) is 0. The van der Waals surface area contributed by atoms with Crippen molar-refractivity contribution in [3.63, 3.8) is 0 Å². The highest BCUT2D eigenvalue weighted by atomic mass is 32.2. The quantitative estimate of drug-likeness (QED) is 0.871. The second kappa shape index (κ2) is 5.77. The molecule has 1 aliphatic heterocycles. The van der Waals surface area contributed by atoms with Gasteiger partial charge in [0.05, 0.1) is 11.8 Å². The number of nitrogens with zero attached hydrogens (tertiary/aromatic N) is 2. The lowest BCUT2D eigenvalue weighted by Crippen LogP contribution is -2.30. The zero-order chi connectivity index (χ0) is 10.5. The smallest absolute Gasteiger partial charge is 0.244 e.